The highest BCUT2D eigenvalue weighted by Crippen LogP contribution is 2.22. The Hall–Kier alpha value is -2.51. The lowest BCUT2D eigenvalue weighted by molar-refractivity contribution is -0.113. The average molecular weight is 417 g/mol. The van der Waals surface area contributed by atoms with E-state index in [9.17, 15) is 4.79 Å². The highest BCUT2D eigenvalue weighted by molar-refractivity contribution is 7.99. The van der Waals surface area contributed by atoms with E-state index >= 15 is 0 Å². The van der Waals surface area contributed by atoms with E-state index in [-0.39, 0.29) is 18.3 Å². The fraction of sp³-hybridized carbons (Fsp3) is 0.250. The number of ether oxygens (including phenoxy) is 1. The fourth-order valence-electron chi connectivity index (χ4n) is 2.41. The first-order chi connectivity index (χ1) is 13.4. The van der Waals surface area contributed by atoms with Crippen molar-refractivity contribution in [2.45, 2.75) is 32.5 Å². The van der Waals surface area contributed by atoms with Crippen molar-refractivity contribution >= 4 is 35.0 Å². The molecule has 3 rings (SSSR count). The van der Waals surface area contributed by atoms with E-state index < -0.39 is 0 Å². The molecule has 6 nitrogen and oxygen atoms in total. The minimum absolute atomic E-state index is 0.104. The van der Waals surface area contributed by atoms with Crippen LogP contribution in [0.3, 0.4) is 0 Å². The van der Waals surface area contributed by atoms with E-state index in [1.165, 1.54) is 17.3 Å². The number of H-pyrrole nitrogens is 1. The molecular formula is C20H21ClN4O2S. The van der Waals surface area contributed by atoms with Crippen molar-refractivity contribution in [3.63, 3.8) is 0 Å². The summed E-state index contributed by atoms with van der Waals surface area (Å²) in [5, 5.41) is 11.0. The number of halogens is 1. The zero-order valence-electron chi connectivity index (χ0n) is 15.9. The molecule has 3 aromatic rings. The molecule has 8 heteroatoms. The molecule has 0 unspecified atom stereocenters. The minimum Gasteiger partial charge on any atom is -0.486 e. The molecule has 2 N–H and O–H groups in total. The predicted octanol–water partition coefficient (Wildman–Crippen LogP) is 4.69. The van der Waals surface area contributed by atoms with Crippen LogP contribution >= 0.6 is 23.4 Å². The minimum atomic E-state index is -0.104. The van der Waals surface area contributed by atoms with Gasteiger partial charge in [-0.25, -0.2) is 4.98 Å². The van der Waals surface area contributed by atoms with Crippen molar-refractivity contribution in [1.82, 2.24) is 15.2 Å². The second-order valence-corrected chi connectivity index (χ2v) is 7.75. The summed E-state index contributed by atoms with van der Waals surface area (Å²) in [6.07, 6.45) is 0. The summed E-state index contributed by atoms with van der Waals surface area (Å²) in [5.41, 5.74) is 4.07. The van der Waals surface area contributed by atoms with E-state index in [1.807, 2.05) is 45.0 Å². The number of aromatic amines is 1. The molecule has 0 fully saturated rings. The molecule has 0 saturated heterocycles. The molecule has 28 heavy (non-hydrogen) atoms. The third kappa shape index (κ3) is 5.50. The Labute approximate surface area is 173 Å². The van der Waals surface area contributed by atoms with E-state index in [0.29, 0.717) is 21.8 Å². The van der Waals surface area contributed by atoms with Crippen LogP contribution in [0.15, 0.2) is 41.6 Å². The summed E-state index contributed by atoms with van der Waals surface area (Å²) < 4.78 is 5.69. The topological polar surface area (TPSA) is 79.9 Å². The number of amides is 1. The van der Waals surface area contributed by atoms with Crippen LogP contribution in [0.5, 0.6) is 5.75 Å². The van der Waals surface area contributed by atoms with Gasteiger partial charge in [-0.1, -0.05) is 29.4 Å². The number of benzene rings is 2. The Kier molecular flexibility index (Phi) is 6.59. The molecule has 0 bridgehead atoms. The van der Waals surface area contributed by atoms with Crippen LogP contribution in [0.4, 0.5) is 5.69 Å². The van der Waals surface area contributed by atoms with Gasteiger partial charge in [0, 0.05) is 10.7 Å². The van der Waals surface area contributed by atoms with E-state index in [0.717, 1.165) is 16.8 Å². The number of thioether (sulfide) groups is 1. The maximum Gasteiger partial charge on any atom is 0.234 e. The predicted molar refractivity (Wildman–Crippen MR) is 112 cm³/mol. The van der Waals surface area contributed by atoms with Crippen LogP contribution in [-0.4, -0.2) is 26.8 Å². The number of hydrogen-bond acceptors (Lipinski definition) is 5. The van der Waals surface area contributed by atoms with Gasteiger partial charge in [0.1, 0.15) is 12.4 Å². The molecule has 1 aromatic heterocycles. The van der Waals surface area contributed by atoms with Crippen molar-refractivity contribution in [1.29, 1.82) is 0 Å². The molecule has 1 amide bonds. The standard InChI is InChI=1S/C20H21ClN4O2S/c1-12-4-5-15(8-13(12)2)22-19(26)11-28-20-23-18(24-25-20)10-27-16-6-7-17(21)14(3)9-16/h4-9H,10-11H2,1-3H3,(H,22,26)(H,23,24,25). The van der Waals surface area contributed by atoms with Crippen LogP contribution in [0.2, 0.25) is 5.02 Å². The van der Waals surface area contributed by atoms with Crippen molar-refractivity contribution in [2.75, 3.05) is 11.1 Å². The summed E-state index contributed by atoms with van der Waals surface area (Å²) >= 11 is 7.27. The molecule has 2 aromatic carbocycles. The monoisotopic (exact) mass is 416 g/mol. The normalized spacial score (nSPS) is 10.7. The van der Waals surface area contributed by atoms with Gasteiger partial charge in [0.05, 0.1) is 5.75 Å². The smallest absolute Gasteiger partial charge is 0.234 e. The van der Waals surface area contributed by atoms with Gasteiger partial charge in [0.15, 0.2) is 5.82 Å². The van der Waals surface area contributed by atoms with Crippen molar-refractivity contribution in [2.24, 2.45) is 0 Å². The summed E-state index contributed by atoms with van der Waals surface area (Å²) in [5.74, 6) is 1.42. The fourth-order valence-corrected chi connectivity index (χ4v) is 3.15. The largest absolute Gasteiger partial charge is 0.486 e. The molecule has 1 heterocycles. The number of nitrogens with zero attached hydrogens (tertiary/aromatic N) is 2. The number of anilines is 1. The molecule has 0 spiro atoms. The summed E-state index contributed by atoms with van der Waals surface area (Å²) in [7, 11) is 0. The molecule has 146 valence electrons. The number of carbonyl (C=O) groups excluding carboxylic acids is 1. The SMILES string of the molecule is Cc1ccc(NC(=O)CSc2n[nH]c(COc3ccc(Cl)c(C)c3)n2)cc1C. The lowest BCUT2D eigenvalue weighted by Crippen LogP contribution is -2.14. The van der Waals surface area contributed by atoms with Crippen LogP contribution in [0.1, 0.15) is 22.5 Å². The lowest BCUT2D eigenvalue weighted by atomic mass is 10.1. The number of aryl methyl sites for hydroxylation is 3. The molecule has 0 atom stereocenters. The van der Waals surface area contributed by atoms with Crippen LogP contribution < -0.4 is 10.1 Å². The van der Waals surface area contributed by atoms with E-state index in [2.05, 4.69) is 20.5 Å². The van der Waals surface area contributed by atoms with Gasteiger partial charge in [-0.05, 0) is 67.8 Å². The Morgan fingerprint density at radius 3 is 2.71 bits per heavy atom. The molecular weight excluding hydrogens is 396 g/mol. The first-order valence-electron chi connectivity index (χ1n) is 8.71. The first kappa shape index (κ1) is 20.2. The average Bonchev–Trinajstić information content (AvgIpc) is 3.12. The Morgan fingerprint density at radius 2 is 1.96 bits per heavy atom. The number of rotatable bonds is 7. The van der Waals surface area contributed by atoms with E-state index in [4.69, 9.17) is 16.3 Å². The number of nitrogens with one attached hydrogen (secondary N) is 2. The van der Waals surface area contributed by atoms with Gasteiger partial charge >= 0.3 is 0 Å². The molecule has 0 aliphatic carbocycles. The second kappa shape index (κ2) is 9.12. The maximum atomic E-state index is 12.1. The van der Waals surface area contributed by atoms with Crippen LogP contribution in [0.25, 0.3) is 0 Å². The third-order valence-corrected chi connectivity index (χ3v) is 5.41. The number of aromatic nitrogens is 3. The van der Waals surface area contributed by atoms with E-state index in [1.54, 1.807) is 12.1 Å². The zero-order valence-corrected chi connectivity index (χ0v) is 17.4. The maximum absolute atomic E-state index is 12.1. The Bertz CT molecular complexity index is 990. The molecule has 0 aliphatic rings. The van der Waals surface area contributed by atoms with Gasteiger partial charge in [0.25, 0.3) is 0 Å². The summed E-state index contributed by atoms with van der Waals surface area (Å²) in [6, 6.07) is 11.3. The zero-order chi connectivity index (χ0) is 20.1. The second-order valence-electron chi connectivity index (χ2n) is 6.40. The highest BCUT2D eigenvalue weighted by Gasteiger charge is 2.09. The van der Waals surface area contributed by atoms with Crippen LogP contribution in [0, 0.1) is 20.8 Å². The van der Waals surface area contributed by atoms with Gasteiger partial charge in [-0.2, -0.15) is 0 Å². The number of hydrogen-bond donors (Lipinski definition) is 2. The summed E-state index contributed by atoms with van der Waals surface area (Å²) in [6.45, 7) is 6.22. The quantitative estimate of drug-likeness (QED) is 0.546. The van der Waals surface area contributed by atoms with Gasteiger partial charge in [0.2, 0.25) is 11.1 Å². The van der Waals surface area contributed by atoms with Crippen molar-refractivity contribution in [3.05, 3.63) is 63.9 Å². The Morgan fingerprint density at radius 1 is 1.14 bits per heavy atom. The Balaban J connectivity index is 1.48. The first-order valence-corrected chi connectivity index (χ1v) is 10.1. The van der Waals surface area contributed by atoms with Gasteiger partial charge in [-0.15, -0.1) is 5.10 Å². The van der Waals surface area contributed by atoms with Gasteiger partial charge in [-0.3, -0.25) is 9.89 Å². The van der Waals surface area contributed by atoms with Crippen molar-refractivity contribution < 1.29 is 9.53 Å². The lowest BCUT2D eigenvalue weighted by Gasteiger charge is -2.07. The summed E-state index contributed by atoms with van der Waals surface area (Å²) in [4.78, 5) is 16.5. The van der Waals surface area contributed by atoms with Crippen molar-refractivity contribution in [3.8, 4) is 5.75 Å². The molecule has 0 radical (unpaired) electrons. The highest BCUT2D eigenvalue weighted by atomic mass is 35.5. The molecule has 0 saturated carbocycles. The third-order valence-electron chi connectivity index (χ3n) is 4.14. The number of carbonyl (C=O) groups is 1. The van der Waals surface area contributed by atoms with Crippen LogP contribution in [-0.2, 0) is 11.4 Å². The van der Waals surface area contributed by atoms with Gasteiger partial charge < -0.3 is 10.1 Å². The molecule has 0 aliphatic heterocycles.